The van der Waals surface area contributed by atoms with Crippen LogP contribution in [0.5, 0.6) is 0 Å². The SMILES string of the molecule is Cc1noc(NC(=O)CNC(C)(C)C)n1. The van der Waals surface area contributed by atoms with Crippen molar-refractivity contribution in [2.24, 2.45) is 0 Å². The van der Waals surface area contributed by atoms with Gasteiger partial charge in [-0.15, -0.1) is 0 Å². The van der Waals surface area contributed by atoms with Gasteiger partial charge in [-0.3, -0.25) is 10.1 Å². The number of hydrogen-bond acceptors (Lipinski definition) is 5. The summed E-state index contributed by atoms with van der Waals surface area (Å²) in [6.45, 7) is 7.85. The molecule has 0 radical (unpaired) electrons. The monoisotopic (exact) mass is 212 g/mol. The normalized spacial score (nSPS) is 11.5. The van der Waals surface area contributed by atoms with Crippen molar-refractivity contribution < 1.29 is 9.32 Å². The van der Waals surface area contributed by atoms with E-state index in [1.165, 1.54) is 0 Å². The summed E-state index contributed by atoms with van der Waals surface area (Å²) in [7, 11) is 0. The van der Waals surface area contributed by atoms with Gasteiger partial charge in [-0.2, -0.15) is 4.98 Å². The first-order chi connectivity index (χ1) is 6.87. The molecule has 1 aromatic heterocycles. The lowest BCUT2D eigenvalue weighted by atomic mass is 10.1. The molecule has 0 saturated heterocycles. The van der Waals surface area contributed by atoms with Crippen molar-refractivity contribution in [3.8, 4) is 0 Å². The summed E-state index contributed by atoms with van der Waals surface area (Å²) in [5.74, 6) is 0.294. The summed E-state index contributed by atoms with van der Waals surface area (Å²) in [4.78, 5) is 15.2. The molecule has 0 atom stereocenters. The van der Waals surface area contributed by atoms with Crippen molar-refractivity contribution >= 4 is 11.9 Å². The smallest absolute Gasteiger partial charge is 0.315 e. The minimum absolute atomic E-state index is 0.0951. The van der Waals surface area contributed by atoms with E-state index < -0.39 is 0 Å². The number of nitrogens with zero attached hydrogens (tertiary/aromatic N) is 2. The van der Waals surface area contributed by atoms with E-state index in [0.29, 0.717) is 5.82 Å². The van der Waals surface area contributed by atoms with Crippen LogP contribution in [0.3, 0.4) is 0 Å². The van der Waals surface area contributed by atoms with Crippen LogP contribution in [0.4, 0.5) is 6.01 Å². The van der Waals surface area contributed by atoms with Crippen LogP contribution in [0, 0.1) is 6.92 Å². The zero-order chi connectivity index (χ0) is 11.5. The molecule has 1 amide bonds. The van der Waals surface area contributed by atoms with Gasteiger partial charge in [0, 0.05) is 5.54 Å². The van der Waals surface area contributed by atoms with E-state index in [1.54, 1.807) is 6.92 Å². The lowest BCUT2D eigenvalue weighted by Crippen LogP contribution is -2.41. The van der Waals surface area contributed by atoms with Gasteiger partial charge in [-0.25, -0.2) is 0 Å². The van der Waals surface area contributed by atoms with Crippen LogP contribution in [-0.4, -0.2) is 28.1 Å². The topological polar surface area (TPSA) is 80.0 Å². The Kier molecular flexibility index (Phi) is 3.41. The third-order valence-electron chi connectivity index (χ3n) is 1.55. The zero-order valence-corrected chi connectivity index (χ0v) is 9.42. The fourth-order valence-corrected chi connectivity index (χ4v) is 0.857. The molecule has 0 saturated carbocycles. The van der Waals surface area contributed by atoms with Gasteiger partial charge < -0.3 is 9.84 Å². The number of carbonyl (C=O) groups excluding carboxylic acids is 1. The molecular formula is C9H16N4O2. The average Bonchev–Trinajstić information content (AvgIpc) is 2.47. The molecule has 15 heavy (non-hydrogen) atoms. The fraction of sp³-hybridized carbons (Fsp3) is 0.667. The predicted molar refractivity (Wildman–Crippen MR) is 55.4 cm³/mol. The van der Waals surface area contributed by atoms with Gasteiger partial charge in [0.25, 0.3) is 0 Å². The Morgan fingerprint density at radius 3 is 2.60 bits per heavy atom. The van der Waals surface area contributed by atoms with E-state index in [0.717, 1.165) is 0 Å². The fourth-order valence-electron chi connectivity index (χ4n) is 0.857. The number of hydrogen-bond donors (Lipinski definition) is 2. The molecule has 0 bridgehead atoms. The molecule has 1 heterocycles. The first-order valence-electron chi connectivity index (χ1n) is 4.72. The van der Waals surface area contributed by atoms with Gasteiger partial charge in [-0.05, 0) is 27.7 Å². The first kappa shape index (κ1) is 11.6. The van der Waals surface area contributed by atoms with E-state index in [4.69, 9.17) is 4.52 Å². The van der Waals surface area contributed by atoms with Gasteiger partial charge in [-0.1, -0.05) is 5.16 Å². The van der Waals surface area contributed by atoms with Crippen LogP contribution in [-0.2, 0) is 4.79 Å². The number of aromatic nitrogens is 2. The second kappa shape index (κ2) is 4.39. The van der Waals surface area contributed by atoms with Crippen molar-refractivity contribution in [1.29, 1.82) is 0 Å². The summed E-state index contributed by atoms with van der Waals surface area (Å²) >= 11 is 0. The Balaban J connectivity index is 2.37. The number of carbonyl (C=O) groups is 1. The van der Waals surface area contributed by atoms with E-state index in [2.05, 4.69) is 20.8 Å². The van der Waals surface area contributed by atoms with Crippen LogP contribution in [0.1, 0.15) is 26.6 Å². The molecule has 2 N–H and O–H groups in total. The van der Waals surface area contributed by atoms with Crippen molar-refractivity contribution in [3.05, 3.63) is 5.82 Å². The highest BCUT2D eigenvalue weighted by molar-refractivity contribution is 5.90. The lowest BCUT2D eigenvalue weighted by Gasteiger charge is -2.19. The summed E-state index contributed by atoms with van der Waals surface area (Å²) in [5.41, 5.74) is -0.0951. The second-order valence-electron chi connectivity index (χ2n) is 4.30. The Hall–Kier alpha value is -1.43. The zero-order valence-electron chi connectivity index (χ0n) is 9.42. The van der Waals surface area contributed by atoms with Crippen molar-refractivity contribution in [1.82, 2.24) is 15.5 Å². The molecular weight excluding hydrogens is 196 g/mol. The van der Waals surface area contributed by atoms with E-state index in [-0.39, 0.29) is 24.0 Å². The molecule has 1 rings (SSSR count). The van der Waals surface area contributed by atoms with Crippen molar-refractivity contribution in [3.63, 3.8) is 0 Å². The van der Waals surface area contributed by atoms with Crippen LogP contribution in [0.15, 0.2) is 4.52 Å². The standard InChI is InChI=1S/C9H16N4O2/c1-6-11-8(15-13-6)12-7(14)5-10-9(2,3)4/h10H,5H2,1-4H3,(H,11,12,13,14). The minimum Gasteiger partial charge on any atom is -0.315 e. The highest BCUT2D eigenvalue weighted by Gasteiger charge is 2.12. The third kappa shape index (κ3) is 4.55. The number of amides is 1. The van der Waals surface area contributed by atoms with E-state index in [9.17, 15) is 4.79 Å². The van der Waals surface area contributed by atoms with Crippen LogP contribution in [0.2, 0.25) is 0 Å². The summed E-state index contributed by atoms with van der Waals surface area (Å²) < 4.78 is 4.75. The van der Waals surface area contributed by atoms with Crippen molar-refractivity contribution in [2.75, 3.05) is 11.9 Å². The second-order valence-corrected chi connectivity index (χ2v) is 4.30. The molecule has 84 valence electrons. The number of aryl methyl sites for hydroxylation is 1. The number of anilines is 1. The molecule has 0 aliphatic rings. The van der Waals surface area contributed by atoms with E-state index >= 15 is 0 Å². The van der Waals surface area contributed by atoms with Gasteiger partial charge in [0.1, 0.15) is 0 Å². The summed E-state index contributed by atoms with van der Waals surface area (Å²) in [5, 5.41) is 9.10. The van der Waals surface area contributed by atoms with Crippen LogP contribution >= 0.6 is 0 Å². The maximum absolute atomic E-state index is 11.4. The quantitative estimate of drug-likeness (QED) is 0.771. The summed E-state index contributed by atoms with van der Waals surface area (Å²) in [6, 6.07) is 0.133. The molecule has 0 aliphatic heterocycles. The van der Waals surface area contributed by atoms with Crippen LogP contribution < -0.4 is 10.6 Å². The van der Waals surface area contributed by atoms with E-state index in [1.807, 2.05) is 20.8 Å². The molecule has 0 aliphatic carbocycles. The maximum atomic E-state index is 11.4. The maximum Gasteiger partial charge on any atom is 0.328 e. The Morgan fingerprint density at radius 2 is 2.13 bits per heavy atom. The lowest BCUT2D eigenvalue weighted by molar-refractivity contribution is -0.115. The molecule has 0 aromatic carbocycles. The van der Waals surface area contributed by atoms with Crippen molar-refractivity contribution in [2.45, 2.75) is 33.2 Å². The molecule has 1 aromatic rings. The highest BCUT2D eigenvalue weighted by atomic mass is 16.5. The third-order valence-corrected chi connectivity index (χ3v) is 1.55. The Bertz CT molecular complexity index is 340. The molecule has 6 heteroatoms. The largest absolute Gasteiger partial charge is 0.328 e. The van der Waals surface area contributed by atoms with Gasteiger partial charge in [0.05, 0.1) is 6.54 Å². The highest BCUT2D eigenvalue weighted by Crippen LogP contribution is 2.02. The molecule has 0 unspecified atom stereocenters. The van der Waals surface area contributed by atoms with Gasteiger partial charge in [0.15, 0.2) is 5.82 Å². The molecule has 0 fully saturated rings. The molecule has 0 spiro atoms. The summed E-state index contributed by atoms with van der Waals surface area (Å²) in [6.07, 6.45) is 0. The predicted octanol–water partition coefficient (Wildman–Crippen LogP) is 0.705. The first-order valence-corrected chi connectivity index (χ1v) is 4.72. The van der Waals surface area contributed by atoms with Gasteiger partial charge in [0.2, 0.25) is 5.91 Å². The minimum atomic E-state index is -0.200. The number of rotatable bonds is 3. The average molecular weight is 212 g/mol. The van der Waals surface area contributed by atoms with Gasteiger partial charge >= 0.3 is 6.01 Å². The number of nitrogens with one attached hydrogen (secondary N) is 2. The Labute approximate surface area is 88.4 Å². The Morgan fingerprint density at radius 1 is 1.47 bits per heavy atom. The molecule has 6 nitrogen and oxygen atoms in total. The van der Waals surface area contributed by atoms with Crippen LogP contribution in [0.25, 0.3) is 0 Å².